The van der Waals surface area contributed by atoms with Crippen molar-refractivity contribution in [3.8, 4) is 11.8 Å². The second-order valence-corrected chi connectivity index (χ2v) is 9.71. The first-order valence-electron chi connectivity index (χ1n) is 9.76. The Morgan fingerprint density at radius 3 is 1.97 bits per heavy atom. The molecule has 2 aromatic carbocycles. The van der Waals surface area contributed by atoms with Crippen molar-refractivity contribution in [3.05, 3.63) is 60.2 Å². The summed E-state index contributed by atoms with van der Waals surface area (Å²) in [6.07, 6.45) is -4.91. The molecule has 0 bridgehead atoms. The fourth-order valence-electron chi connectivity index (χ4n) is 2.59. The lowest BCUT2D eigenvalue weighted by molar-refractivity contribution is -0.240. The van der Waals surface area contributed by atoms with Crippen LogP contribution in [0.4, 0.5) is 18.9 Å². The lowest BCUT2D eigenvalue weighted by Crippen LogP contribution is -2.41. The summed E-state index contributed by atoms with van der Waals surface area (Å²) < 4.78 is 43.2. The molecule has 0 saturated carbocycles. The smallest absolute Gasteiger partial charge is 0.366 e. The Hall–Kier alpha value is -2.10. The van der Waals surface area contributed by atoms with Crippen LogP contribution >= 0.6 is 11.9 Å². The number of halogens is 3. The van der Waals surface area contributed by atoms with Crippen molar-refractivity contribution in [2.75, 3.05) is 10.8 Å². The van der Waals surface area contributed by atoms with Gasteiger partial charge in [-0.1, -0.05) is 56.0 Å². The SMILES string of the molecule is CC(C)CN(Sc1ccccc1)c1ccc(C(O)(C#CC(C)(C)C)C(F)(F)F)cc1. The van der Waals surface area contributed by atoms with E-state index in [0.29, 0.717) is 12.5 Å². The number of rotatable bonds is 6. The van der Waals surface area contributed by atoms with E-state index >= 15 is 0 Å². The summed E-state index contributed by atoms with van der Waals surface area (Å²) in [5, 5.41) is 10.5. The Balaban J connectivity index is 2.39. The number of alkyl halides is 3. The number of hydrogen-bond donors (Lipinski definition) is 1. The van der Waals surface area contributed by atoms with Crippen LogP contribution in [-0.4, -0.2) is 17.8 Å². The Bertz CT molecular complexity index is 877. The molecular weight excluding hydrogens is 407 g/mol. The van der Waals surface area contributed by atoms with E-state index in [2.05, 4.69) is 25.7 Å². The fraction of sp³-hybridized carbons (Fsp3) is 0.417. The molecule has 0 heterocycles. The molecule has 162 valence electrons. The van der Waals surface area contributed by atoms with E-state index in [9.17, 15) is 18.3 Å². The summed E-state index contributed by atoms with van der Waals surface area (Å²) in [4.78, 5) is 1.03. The number of anilines is 1. The molecule has 2 aromatic rings. The zero-order valence-electron chi connectivity index (χ0n) is 17.9. The maximum atomic E-state index is 13.7. The lowest BCUT2D eigenvalue weighted by atomic mass is 9.90. The average Bonchev–Trinajstić information content (AvgIpc) is 2.65. The molecule has 0 aliphatic rings. The van der Waals surface area contributed by atoms with Crippen LogP contribution in [0.3, 0.4) is 0 Å². The maximum absolute atomic E-state index is 13.7. The van der Waals surface area contributed by atoms with Crippen LogP contribution in [0.5, 0.6) is 0 Å². The van der Waals surface area contributed by atoms with Gasteiger partial charge in [0, 0.05) is 28.1 Å². The molecule has 0 aliphatic heterocycles. The lowest BCUT2D eigenvalue weighted by Gasteiger charge is -2.28. The van der Waals surface area contributed by atoms with Crippen molar-refractivity contribution >= 4 is 17.6 Å². The van der Waals surface area contributed by atoms with Crippen LogP contribution in [0.2, 0.25) is 0 Å². The quantitative estimate of drug-likeness (QED) is 0.406. The predicted molar refractivity (Wildman–Crippen MR) is 118 cm³/mol. The van der Waals surface area contributed by atoms with Gasteiger partial charge in [-0.2, -0.15) is 13.2 Å². The Morgan fingerprint density at radius 1 is 0.933 bits per heavy atom. The van der Waals surface area contributed by atoms with Gasteiger partial charge in [-0.05, 0) is 62.9 Å². The molecule has 1 N–H and O–H groups in total. The van der Waals surface area contributed by atoms with E-state index in [4.69, 9.17) is 0 Å². The Kier molecular flexibility index (Phi) is 7.54. The highest BCUT2D eigenvalue weighted by atomic mass is 32.2. The zero-order valence-corrected chi connectivity index (χ0v) is 18.7. The highest BCUT2D eigenvalue weighted by molar-refractivity contribution is 8.00. The van der Waals surface area contributed by atoms with Crippen LogP contribution in [0.1, 0.15) is 40.2 Å². The number of hydrogen-bond acceptors (Lipinski definition) is 3. The van der Waals surface area contributed by atoms with Crippen LogP contribution in [0.15, 0.2) is 59.5 Å². The van der Waals surface area contributed by atoms with Crippen molar-refractivity contribution in [2.24, 2.45) is 11.3 Å². The Morgan fingerprint density at radius 2 is 1.50 bits per heavy atom. The molecule has 1 unspecified atom stereocenters. The molecular formula is C24H28F3NOS. The van der Waals surface area contributed by atoms with Crippen molar-refractivity contribution in [1.82, 2.24) is 0 Å². The summed E-state index contributed by atoms with van der Waals surface area (Å²) in [5.74, 6) is 4.96. The molecule has 0 saturated heterocycles. The standard InChI is InChI=1S/C24H28F3NOS/c1-18(2)17-28(30-21-9-7-6-8-10-21)20-13-11-19(12-14-20)23(29,24(25,26)27)16-15-22(3,4)5/h6-14,18,29H,17H2,1-5H3. The van der Waals surface area contributed by atoms with Crippen LogP contribution < -0.4 is 4.31 Å². The minimum absolute atomic E-state index is 0.287. The van der Waals surface area contributed by atoms with Crippen molar-refractivity contribution in [2.45, 2.75) is 51.3 Å². The van der Waals surface area contributed by atoms with Crippen LogP contribution in [0.25, 0.3) is 0 Å². The van der Waals surface area contributed by atoms with Gasteiger partial charge in [0.2, 0.25) is 5.60 Å². The summed E-state index contributed by atoms with van der Waals surface area (Å²) in [5.41, 5.74) is -3.41. The minimum atomic E-state index is -4.91. The highest BCUT2D eigenvalue weighted by Crippen LogP contribution is 2.40. The second kappa shape index (κ2) is 9.36. The van der Waals surface area contributed by atoms with Crippen molar-refractivity contribution in [3.63, 3.8) is 0 Å². The summed E-state index contributed by atoms with van der Waals surface area (Å²) in [7, 11) is 0. The first-order valence-corrected chi connectivity index (χ1v) is 10.5. The predicted octanol–water partition coefficient (Wildman–Crippen LogP) is 6.66. The van der Waals surface area contributed by atoms with Gasteiger partial charge in [0.25, 0.3) is 0 Å². The van der Waals surface area contributed by atoms with Gasteiger partial charge in [0.05, 0.1) is 0 Å². The normalized spacial score (nSPS) is 14.1. The topological polar surface area (TPSA) is 23.5 Å². The van der Waals surface area contributed by atoms with Gasteiger partial charge in [0.15, 0.2) is 0 Å². The summed E-state index contributed by atoms with van der Waals surface area (Å²) in [6, 6.07) is 15.6. The molecule has 0 amide bonds. The van der Waals surface area contributed by atoms with E-state index in [0.717, 1.165) is 10.6 Å². The van der Waals surface area contributed by atoms with E-state index < -0.39 is 17.2 Å². The highest BCUT2D eigenvalue weighted by Gasteiger charge is 2.54. The third kappa shape index (κ3) is 6.45. The average molecular weight is 436 g/mol. The van der Waals surface area contributed by atoms with Gasteiger partial charge >= 0.3 is 6.18 Å². The number of nitrogens with zero attached hydrogens (tertiary/aromatic N) is 1. The first kappa shape index (κ1) is 24.2. The first-order chi connectivity index (χ1) is 13.8. The molecule has 6 heteroatoms. The minimum Gasteiger partial charge on any atom is -0.366 e. The molecule has 0 radical (unpaired) electrons. The molecule has 2 nitrogen and oxygen atoms in total. The number of aliphatic hydroxyl groups is 1. The van der Waals surface area contributed by atoms with E-state index in [-0.39, 0.29) is 5.56 Å². The summed E-state index contributed by atoms with van der Waals surface area (Å²) in [6.45, 7) is 9.97. The molecule has 30 heavy (non-hydrogen) atoms. The molecule has 0 fully saturated rings. The van der Waals surface area contributed by atoms with Gasteiger partial charge in [-0.25, -0.2) is 0 Å². The van der Waals surface area contributed by atoms with Crippen molar-refractivity contribution in [1.29, 1.82) is 0 Å². The third-order valence-electron chi connectivity index (χ3n) is 4.09. The molecule has 1 atom stereocenters. The van der Waals surface area contributed by atoms with E-state index in [1.54, 1.807) is 32.9 Å². The monoisotopic (exact) mass is 435 g/mol. The second-order valence-electron chi connectivity index (χ2n) is 8.61. The Labute approximate surface area is 181 Å². The largest absolute Gasteiger partial charge is 0.433 e. The fourth-order valence-corrected chi connectivity index (χ4v) is 3.72. The van der Waals surface area contributed by atoms with Gasteiger partial charge < -0.3 is 9.41 Å². The van der Waals surface area contributed by atoms with Crippen LogP contribution in [0, 0.1) is 23.2 Å². The molecule has 0 aromatic heterocycles. The zero-order chi connectivity index (χ0) is 22.6. The third-order valence-corrected chi connectivity index (χ3v) is 5.15. The summed E-state index contributed by atoms with van der Waals surface area (Å²) >= 11 is 1.52. The molecule has 2 rings (SSSR count). The molecule has 0 aliphatic carbocycles. The van der Waals surface area contributed by atoms with E-state index in [1.165, 1.54) is 24.1 Å². The van der Waals surface area contributed by atoms with Gasteiger partial charge in [0.1, 0.15) is 0 Å². The van der Waals surface area contributed by atoms with Gasteiger partial charge in [-0.3, -0.25) is 0 Å². The maximum Gasteiger partial charge on any atom is 0.433 e. The molecule has 0 spiro atoms. The van der Waals surface area contributed by atoms with Crippen LogP contribution in [-0.2, 0) is 5.60 Å². The van der Waals surface area contributed by atoms with Gasteiger partial charge in [-0.15, -0.1) is 0 Å². The van der Waals surface area contributed by atoms with Crippen molar-refractivity contribution < 1.29 is 18.3 Å². The number of benzene rings is 2. The van der Waals surface area contributed by atoms with E-state index in [1.807, 2.05) is 34.6 Å².